The Morgan fingerprint density at radius 3 is 2.69 bits per heavy atom. The molecular weight excluding hydrogens is 164 g/mol. The molecule has 1 aromatic rings. The van der Waals surface area contributed by atoms with Crippen molar-refractivity contribution in [1.82, 2.24) is 5.32 Å². The van der Waals surface area contributed by atoms with Crippen LogP contribution in [0.5, 0.6) is 0 Å². The molecule has 0 aliphatic heterocycles. The molecule has 4 N–H and O–H groups in total. The summed E-state index contributed by atoms with van der Waals surface area (Å²) in [7, 11) is 1.82. The highest BCUT2D eigenvalue weighted by atomic mass is 16.3. The first-order chi connectivity index (χ1) is 6.19. The van der Waals surface area contributed by atoms with Crippen molar-refractivity contribution in [3.63, 3.8) is 0 Å². The van der Waals surface area contributed by atoms with Gasteiger partial charge in [-0.2, -0.15) is 0 Å². The minimum atomic E-state index is -0.0251. The molecule has 0 unspecified atom stereocenters. The number of aryl methyl sites for hydroxylation is 1. The summed E-state index contributed by atoms with van der Waals surface area (Å²) in [6.45, 7) is 2.05. The van der Waals surface area contributed by atoms with Gasteiger partial charge in [0.1, 0.15) is 0 Å². The van der Waals surface area contributed by atoms with Gasteiger partial charge in [0.05, 0.1) is 12.6 Å². The van der Waals surface area contributed by atoms with E-state index in [0.29, 0.717) is 0 Å². The molecule has 0 saturated heterocycles. The molecule has 0 heterocycles. The minimum Gasteiger partial charge on any atom is -0.399 e. The Morgan fingerprint density at radius 1 is 1.54 bits per heavy atom. The lowest BCUT2D eigenvalue weighted by Crippen LogP contribution is -2.20. The van der Waals surface area contributed by atoms with Crippen LogP contribution in [0.4, 0.5) is 5.69 Å². The molecule has 3 heteroatoms. The minimum absolute atomic E-state index is 0.0251. The zero-order valence-corrected chi connectivity index (χ0v) is 8.04. The molecule has 0 amide bonds. The van der Waals surface area contributed by atoms with Gasteiger partial charge >= 0.3 is 0 Å². The summed E-state index contributed by atoms with van der Waals surface area (Å²) in [6, 6.07) is 5.81. The number of benzene rings is 1. The van der Waals surface area contributed by atoms with Gasteiger partial charge in [-0.05, 0) is 31.2 Å². The van der Waals surface area contributed by atoms with Crippen molar-refractivity contribution in [3.8, 4) is 0 Å². The van der Waals surface area contributed by atoms with Crippen LogP contribution in [-0.2, 0) is 0 Å². The van der Waals surface area contributed by atoms with E-state index in [2.05, 4.69) is 5.32 Å². The number of rotatable bonds is 3. The number of hydrogen-bond acceptors (Lipinski definition) is 3. The van der Waals surface area contributed by atoms with E-state index in [-0.39, 0.29) is 12.6 Å². The van der Waals surface area contributed by atoms with Crippen LogP contribution in [0, 0.1) is 6.92 Å². The first-order valence-corrected chi connectivity index (χ1v) is 4.33. The standard InChI is InChI=1S/C10H16N2O/c1-7-3-4-8(5-9(7)11)10(6-13)12-2/h3-5,10,12-13H,6,11H2,1-2H3/t10-/m1/s1. The Labute approximate surface area is 78.6 Å². The van der Waals surface area contributed by atoms with Gasteiger partial charge in [0.2, 0.25) is 0 Å². The van der Waals surface area contributed by atoms with Gasteiger partial charge in [-0.25, -0.2) is 0 Å². The number of nitrogens with two attached hydrogens (primary N) is 1. The van der Waals surface area contributed by atoms with Crippen molar-refractivity contribution in [3.05, 3.63) is 29.3 Å². The van der Waals surface area contributed by atoms with Crippen molar-refractivity contribution >= 4 is 5.69 Å². The summed E-state index contributed by atoms with van der Waals surface area (Å²) in [5.74, 6) is 0. The highest BCUT2D eigenvalue weighted by Gasteiger charge is 2.07. The molecule has 13 heavy (non-hydrogen) atoms. The quantitative estimate of drug-likeness (QED) is 0.604. The molecule has 0 spiro atoms. The molecular formula is C10H16N2O. The van der Waals surface area contributed by atoms with Crippen molar-refractivity contribution in [1.29, 1.82) is 0 Å². The predicted octanol–water partition coefficient (Wildman–Crippen LogP) is 0.830. The molecule has 0 aliphatic carbocycles. The van der Waals surface area contributed by atoms with E-state index in [4.69, 9.17) is 10.8 Å². The van der Waals surface area contributed by atoms with Gasteiger partial charge in [0, 0.05) is 5.69 Å². The monoisotopic (exact) mass is 180 g/mol. The molecule has 72 valence electrons. The van der Waals surface area contributed by atoms with Crippen LogP contribution in [0.1, 0.15) is 17.2 Å². The third kappa shape index (κ3) is 2.20. The number of anilines is 1. The number of likely N-dealkylation sites (N-methyl/N-ethyl adjacent to an activating group) is 1. The molecule has 0 fully saturated rings. The average Bonchev–Trinajstić information content (AvgIpc) is 2.13. The first-order valence-electron chi connectivity index (χ1n) is 4.33. The van der Waals surface area contributed by atoms with Crippen LogP contribution in [0.2, 0.25) is 0 Å². The lowest BCUT2D eigenvalue weighted by molar-refractivity contribution is 0.251. The largest absolute Gasteiger partial charge is 0.399 e. The van der Waals surface area contributed by atoms with Crippen LogP contribution in [0.25, 0.3) is 0 Å². The summed E-state index contributed by atoms with van der Waals surface area (Å²) in [4.78, 5) is 0. The van der Waals surface area contributed by atoms with E-state index < -0.39 is 0 Å². The zero-order valence-electron chi connectivity index (χ0n) is 8.04. The second-order valence-corrected chi connectivity index (χ2v) is 3.14. The average molecular weight is 180 g/mol. The van der Waals surface area contributed by atoms with E-state index in [1.807, 2.05) is 32.2 Å². The maximum absolute atomic E-state index is 9.04. The van der Waals surface area contributed by atoms with Gasteiger partial charge < -0.3 is 16.2 Å². The second-order valence-electron chi connectivity index (χ2n) is 3.14. The number of aliphatic hydroxyl groups is 1. The SMILES string of the molecule is CN[C@H](CO)c1ccc(C)c(N)c1. The van der Waals surface area contributed by atoms with Crippen LogP contribution in [0.3, 0.4) is 0 Å². The summed E-state index contributed by atoms with van der Waals surface area (Å²) in [5.41, 5.74) is 8.62. The fourth-order valence-electron chi connectivity index (χ4n) is 1.24. The van der Waals surface area contributed by atoms with Gasteiger partial charge in [0.25, 0.3) is 0 Å². The number of aliphatic hydroxyl groups excluding tert-OH is 1. The van der Waals surface area contributed by atoms with Crippen molar-refractivity contribution < 1.29 is 5.11 Å². The molecule has 0 saturated carbocycles. The Kier molecular flexibility index (Phi) is 3.28. The number of nitrogens with one attached hydrogen (secondary N) is 1. The topological polar surface area (TPSA) is 58.3 Å². The first kappa shape index (κ1) is 10.0. The maximum atomic E-state index is 9.04. The number of hydrogen-bond donors (Lipinski definition) is 3. The Morgan fingerprint density at radius 2 is 2.23 bits per heavy atom. The third-order valence-corrected chi connectivity index (χ3v) is 2.24. The summed E-state index contributed by atoms with van der Waals surface area (Å²) in [5, 5.41) is 12.0. The molecule has 0 aromatic heterocycles. The van der Waals surface area contributed by atoms with Gasteiger partial charge in [-0.15, -0.1) is 0 Å². The lowest BCUT2D eigenvalue weighted by Gasteiger charge is -2.14. The Balaban J connectivity index is 2.95. The van der Waals surface area contributed by atoms with Crippen LogP contribution < -0.4 is 11.1 Å². The van der Waals surface area contributed by atoms with E-state index in [0.717, 1.165) is 16.8 Å². The molecule has 0 radical (unpaired) electrons. The van der Waals surface area contributed by atoms with E-state index >= 15 is 0 Å². The van der Waals surface area contributed by atoms with Gasteiger partial charge in [-0.1, -0.05) is 12.1 Å². The fraction of sp³-hybridized carbons (Fsp3) is 0.400. The molecule has 1 aromatic carbocycles. The van der Waals surface area contributed by atoms with E-state index in [9.17, 15) is 0 Å². The summed E-state index contributed by atoms with van der Waals surface area (Å²) in [6.07, 6.45) is 0. The molecule has 3 nitrogen and oxygen atoms in total. The van der Waals surface area contributed by atoms with E-state index in [1.165, 1.54) is 0 Å². The highest BCUT2D eigenvalue weighted by molar-refractivity contribution is 5.49. The highest BCUT2D eigenvalue weighted by Crippen LogP contribution is 2.18. The van der Waals surface area contributed by atoms with Crippen LogP contribution in [0.15, 0.2) is 18.2 Å². The molecule has 1 atom stereocenters. The van der Waals surface area contributed by atoms with Crippen LogP contribution >= 0.6 is 0 Å². The zero-order chi connectivity index (χ0) is 9.84. The summed E-state index contributed by atoms with van der Waals surface area (Å²) < 4.78 is 0. The molecule has 0 bridgehead atoms. The molecule has 1 rings (SSSR count). The normalized spacial score (nSPS) is 12.8. The predicted molar refractivity (Wildman–Crippen MR) is 54.5 cm³/mol. The van der Waals surface area contributed by atoms with Crippen LogP contribution in [-0.4, -0.2) is 18.8 Å². The third-order valence-electron chi connectivity index (χ3n) is 2.24. The van der Waals surface area contributed by atoms with Crippen molar-refractivity contribution in [2.75, 3.05) is 19.4 Å². The van der Waals surface area contributed by atoms with Gasteiger partial charge in [-0.3, -0.25) is 0 Å². The lowest BCUT2D eigenvalue weighted by atomic mass is 10.0. The van der Waals surface area contributed by atoms with Crippen molar-refractivity contribution in [2.45, 2.75) is 13.0 Å². The Hall–Kier alpha value is -1.06. The fourth-order valence-corrected chi connectivity index (χ4v) is 1.24. The van der Waals surface area contributed by atoms with Gasteiger partial charge in [0.15, 0.2) is 0 Å². The smallest absolute Gasteiger partial charge is 0.0626 e. The maximum Gasteiger partial charge on any atom is 0.0626 e. The Bertz CT molecular complexity index is 282. The summed E-state index contributed by atoms with van der Waals surface area (Å²) >= 11 is 0. The second kappa shape index (κ2) is 4.25. The van der Waals surface area contributed by atoms with E-state index in [1.54, 1.807) is 0 Å². The molecule has 0 aliphatic rings. The number of nitrogen functional groups attached to an aromatic ring is 1. The van der Waals surface area contributed by atoms with Crippen molar-refractivity contribution in [2.24, 2.45) is 0 Å².